The van der Waals surface area contributed by atoms with Crippen molar-refractivity contribution in [3.05, 3.63) is 34.6 Å². The maximum atomic E-state index is 15.3. The first-order chi connectivity index (χ1) is 14.1. The molecule has 0 bridgehead atoms. The average Bonchev–Trinajstić information content (AvgIpc) is 2.66. The van der Waals surface area contributed by atoms with E-state index in [1.165, 1.54) is 0 Å². The molecule has 0 saturated carbocycles. The number of hydrogen-bond donors (Lipinski definition) is 0. The molecule has 0 unspecified atom stereocenters. The number of carbonyl (C=O) groups excluding carboxylic acids is 2. The highest BCUT2D eigenvalue weighted by molar-refractivity contribution is 5.92. The molecule has 30 heavy (non-hydrogen) atoms. The average molecular weight is 420 g/mol. The number of rotatable bonds is 1. The van der Waals surface area contributed by atoms with Gasteiger partial charge in [0.15, 0.2) is 0 Å². The number of carbonyl (C=O) groups is 2. The number of nitrogens with zero attached hydrogens (tertiary/aromatic N) is 2. The minimum absolute atomic E-state index is 0.0539. The molecule has 3 heterocycles. The zero-order chi connectivity index (χ0) is 21.6. The second-order valence-electron chi connectivity index (χ2n) is 9.31. The molecule has 0 radical (unpaired) electrons. The molecular formula is C22H29FN2O5. The maximum absolute atomic E-state index is 15.3. The molecule has 3 atom stereocenters. The third-order valence-corrected chi connectivity index (χ3v) is 5.79. The first kappa shape index (κ1) is 21.1. The Morgan fingerprint density at radius 2 is 2.00 bits per heavy atom. The van der Waals surface area contributed by atoms with Gasteiger partial charge in [0.1, 0.15) is 17.5 Å². The molecule has 2 fully saturated rings. The van der Waals surface area contributed by atoms with Crippen molar-refractivity contribution >= 4 is 12.1 Å². The monoisotopic (exact) mass is 420 g/mol. The Kier molecular flexibility index (Phi) is 5.48. The van der Waals surface area contributed by atoms with Crippen LogP contribution in [0.4, 0.5) is 9.18 Å². The van der Waals surface area contributed by atoms with Crippen molar-refractivity contribution in [2.24, 2.45) is 0 Å². The van der Waals surface area contributed by atoms with Crippen molar-refractivity contribution in [3.8, 4) is 0 Å². The van der Waals surface area contributed by atoms with E-state index in [-0.39, 0.29) is 24.1 Å². The van der Waals surface area contributed by atoms with Gasteiger partial charge < -0.3 is 19.1 Å². The van der Waals surface area contributed by atoms with E-state index in [9.17, 15) is 9.59 Å². The lowest BCUT2D eigenvalue weighted by molar-refractivity contribution is -0.0916. The normalized spacial score (nSPS) is 27.2. The molecule has 0 N–H and O–H groups in total. The molecular weight excluding hydrogens is 391 g/mol. The van der Waals surface area contributed by atoms with Crippen LogP contribution in [0.5, 0.6) is 0 Å². The maximum Gasteiger partial charge on any atom is 0.410 e. The lowest BCUT2D eigenvalue weighted by Gasteiger charge is -2.46. The predicted octanol–water partition coefficient (Wildman–Crippen LogP) is 2.92. The van der Waals surface area contributed by atoms with E-state index < -0.39 is 17.7 Å². The fourth-order valence-electron chi connectivity index (χ4n) is 4.32. The van der Waals surface area contributed by atoms with Gasteiger partial charge in [-0.2, -0.15) is 0 Å². The Hall–Kier alpha value is -2.19. The lowest BCUT2D eigenvalue weighted by Crippen LogP contribution is -2.60. The number of cyclic esters (lactones) is 1. The van der Waals surface area contributed by atoms with Gasteiger partial charge in [0.05, 0.1) is 24.3 Å². The third-order valence-electron chi connectivity index (χ3n) is 5.79. The van der Waals surface area contributed by atoms with Crippen molar-refractivity contribution in [1.29, 1.82) is 0 Å². The lowest BCUT2D eigenvalue weighted by atomic mass is 9.93. The summed E-state index contributed by atoms with van der Waals surface area (Å²) in [5.41, 5.74) is 0.658. The molecule has 0 aliphatic carbocycles. The van der Waals surface area contributed by atoms with E-state index in [1.54, 1.807) is 24.0 Å². The summed E-state index contributed by atoms with van der Waals surface area (Å²) in [5.74, 6) is -0.844. The zero-order valence-corrected chi connectivity index (χ0v) is 17.9. The van der Waals surface area contributed by atoms with Crippen LogP contribution in [0.2, 0.25) is 0 Å². The molecule has 1 aromatic carbocycles. The van der Waals surface area contributed by atoms with E-state index in [4.69, 9.17) is 14.2 Å². The van der Waals surface area contributed by atoms with Crippen LogP contribution in [0.1, 0.15) is 55.3 Å². The van der Waals surface area contributed by atoms with Crippen LogP contribution >= 0.6 is 0 Å². The highest BCUT2D eigenvalue weighted by Crippen LogP contribution is 2.33. The SMILES string of the molecule is C[C@H]1Cc2c(ccc([C@H]3CN4CCN(C(=O)OC(C)(C)C)C[C@H]4CO3)c2F)C(=O)O1. The fraction of sp³-hybridized carbons (Fsp3) is 0.636. The standard InChI is InChI=1S/C22H29FN2O5/c1-13-9-17-15(20(26)29-13)5-6-16(19(17)23)18-11-24-7-8-25(10-14(24)12-28-18)21(27)30-22(2,3)4/h5-6,13-14,18H,7-12H2,1-4H3/t13-,14-,18+/m0/s1. The smallest absolute Gasteiger partial charge is 0.410 e. The van der Waals surface area contributed by atoms with Crippen LogP contribution in [0.25, 0.3) is 0 Å². The van der Waals surface area contributed by atoms with Crippen molar-refractivity contribution < 1.29 is 28.2 Å². The van der Waals surface area contributed by atoms with Gasteiger partial charge in [-0.1, -0.05) is 6.07 Å². The number of esters is 1. The second kappa shape index (κ2) is 7.81. The summed E-state index contributed by atoms with van der Waals surface area (Å²) in [5, 5.41) is 0. The number of ether oxygens (including phenoxy) is 3. The summed E-state index contributed by atoms with van der Waals surface area (Å²) in [6.07, 6.45) is -0.698. The second-order valence-corrected chi connectivity index (χ2v) is 9.31. The van der Waals surface area contributed by atoms with Gasteiger partial charge in [0.2, 0.25) is 0 Å². The van der Waals surface area contributed by atoms with Crippen LogP contribution in [0.15, 0.2) is 12.1 Å². The minimum Gasteiger partial charge on any atom is -0.459 e. The topological polar surface area (TPSA) is 68.3 Å². The summed E-state index contributed by atoms with van der Waals surface area (Å²) < 4.78 is 31.9. The third kappa shape index (κ3) is 4.16. The van der Waals surface area contributed by atoms with Gasteiger partial charge in [0.25, 0.3) is 0 Å². The molecule has 1 amide bonds. The Labute approximate surface area is 176 Å². The first-order valence-electron chi connectivity index (χ1n) is 10.5. The summed E-state index contributed by atoms with van der Waals surface area (Å²) in [7, 11) is 0. The predicted molar refractivity (Wildman–Crippen MR) is 107 cm³/mol. The van der Waals surface area contributed by atoms with E-state index in [2.05, 4.69) is 4.90 Å². The number of benzene rings is 1. The van der Waals surface area contributed by atoms with Crippen LogP contribution in [-0.4, -0.2) is 72.4 Å². The first-order valence-corrected chi connectivity index (χ1v) is 10.5. The zero-order valence-electron chi connectivity index (χ0n) is 17.9. The quantitative estimate of drug-likeness (QED) is 0.651. The molecule has 0 spiro atoms. The molecule has 7 nitrogen and oxygen atoms in total. The molecule has 164 valence electrons. The van der Waals surface area contributed by atoms with Crippen LogP contribution < -0.4 is 0 Å². The van der Waals surface area contributed by atoms with Crippen LogP contribution in [0, 0.1) is 5.82 Å². The fourth-order valence-corrected chi connectivity index (χ4v) is 4.32. The summed E-state index contributed by atoms with van der Waals surface area (Å²) in [6, 6.07) is 3.32. The van der Waals surface area contributed by atoms with Crippen LogP contribution in [-0.2, 0) is 20.6 Å². The van der Waals surface area contributed by atoms with E-state index in [0.29, 0.717) is 55.9 Å². The van der Waals surface area contributed by atoms with Gasteiger partial charge >= 0.3 is 12.1 Å². The van der Waals surface area contributed by atoms with Gasteiger partial charge in [-0.25, -0.2) is 14.0 Å². The van der Waals surface area contributed by atoms with E-state index in [1.807, 2.05) is 20.8 Å². The molecule has 0 aromatic heterocycles. The number of piperazine rings is 1. The van der Waals surface area contributed by atoms with Gasteiger partial charge in [-0.3, -0.25) is 4.90 Å². The summed E-state index contributed by atoms with van der Waals surface area (Å²) in [4.78, 5) is 28.3. The van der Waals surface area contributed by atoms with Gasteiger partial charge in [-0.05, 0) is 33.8 Å². The molecule has 8 heteroatoms. The Bertz CT molecular complexity index is 853. The van der Waals surface area contributed by atoms with Crippen LogP contribution in [0.3, 0.4) is 0 Å². The van der Waals surface area contributed by atoms with E-state index >= 15 is 4.39 Å². The number of halogens is 1. The summed E-state index contributed by atoms with van der Waals surface area (Å²) >= 11 is 0. The van der Waals surface area contributed by atoms with Gasteiger partial charge in [0, 0.05) is 43.7 Å². The van der Waals surface area contributed by atoms with Crippen molar-refractivity contribution in [3.63, 3.8) is 0 Å². The Morgan fingerprint density at radius 1 is 1.23 bits per heavy atom. The number of morpholine rings is 1. The Morgan fingerprint density at radius 3 is 2.73 bits per heavy atom. The van der Waals surface area contributed by atoms with Crippen molar-refractivity contribution in [2.45, 2.75) is 58.0 Å². The highest BCUT2D eigenvalue weighted by Gasteiger charge is 2.38. The molecule has 2 saturated heterocycles. The minimum atomic E-state index is -0.531. The van der Waals surface area contributed by atoms with Crippen molar-refractivity contribution in [1.82, 2.24) is 9.80 Å². The molecule has 1 aromatic rings. The number of amides is 1. The highest BCUT2D eigenvalue weighted by atomic mass is 19.1. The summed E-state index contributed by atoms with van der Waals surface area (Å²) in [6.45, 7) is 10.0. The van der Waals surface area contributed by atoms with Gasteiger partial charge in [-0.15, -0.1) is 0 Å². The van der Waals surface area contributed by atoms with Crippen molar-refractivity contribution in [2.75, 3.05) is 32.8 Å². The molecule has 4 rings (SSSR count). The van der Waals surface area contributed by atoms with E-state index in [0.717, 1.165) is 0 Å². The molecule has 3 aliphatic rings. The molecule has 3 aliphatic heterocycles. The number of hydrogen-bond acceptors (Lipinski definition) is 6. The number of fused-ring (bicyclic) bond motifs is 2. The Balaban J connectivity index is 1.44. The largest absolute Gasteiger partial charge is 0.459 e.